The van der Waals surface area contributed by atoms with E-state index >= 15 is 0 Å². The first kappa shape index (κ1) is 14.8. The third-order valence-corrected chi connectivity index (χ3v) is 4.95. The number of rotatable bonds is 3. The Morgan fingerprint density at radius 3 is 2.58 bits per heavy atom. The summed E-state index contributed by atoms with van der Waals surface area (Å²) in [5.41, 5.74) is 0.789. The zero-order chi connectivity index (χ0) is 16.7. The molecule has 4 rings (SSSR count). The fourth-order valence-corrected chi connectivity index (χ4v) is 3.74. The number of hydrogen-bond acceptors (Lipinski definition) is 7. The maximum absolute atomic E-state index is 11.4. The molecular formula is C15H15N5O3S. The van der Waals surface area contributed by atoms with Crippen LogP contribution in [0.5, 0.6) is 5.75 Å². The fraction of sp³-hybridized carbons (Fsp3) is 0.267. The minimum Gasteiger partial charge on any atom is -0.506 e. The van der Waals surface area contributed by atoms with Gasteiger partial charge in [0.05, 0.1) is 5.69 Å². The SMILES string of the molecule is O=[N+]([O-])c1c(N2CCN(c3ccccc3O)CC2)nc2sccn12. The van der Waals surface area contributed by atoms with E-state index in [0.717, 1.165) is 5.69 Å². The molecule has 9 heteroatoms. The normalized spacial score (nSPS) is 15.2. The number of nitro groups is 1. The largest absolute Gasteiger partial charge is 0.506 e. The molecule has 8 nitrogen and oxygen atoms in total. The van der Waals surface area contributed by atoms with Crippen molar-refractivity contribution in [2.75, 3.05) is 36.0 Å². The third-order valence-electron chi connectivity index (χ3n) is 4.19. The molecule has 1 aliphatic heterocycles. The summed E-state index contributed by atoms with van der Waals surface area (Å²) >= 11 is 1.38. The van der Waals surface area contributed by atoms with Crippen LogP contribution in [0.25, 0.3) is 4.96 Å². The second-order valence-electron chi connectivity index (χ2n) is 5.53. The second-order valence-corrected chi connectivity index (χ2v) is 6.41. The number of hydrogen-bond donors (Lipinski definition) is 1. The number of benzene rings is 1. The molecule has 3 heterocycles. The van der Waals surface area contributed by atoms with E-state index in [1.54, 1.807) is 23.7 Å². The van der Waals surface area contributed by atoms with E-state index in [1.807, 2.05) is 17.0 Å². The Morgan fingerprint density at radius 1 is 1.17 bits per heavy atom. The quantitative estimate of drug-likeness (QED) is 0.579. The first-order chi connectivity index (χ1) is 11.6. The topological polar surface area (TPSA) is 87.2 Å². The van der Waals surface area contributed by atoms with Gasteiger partial charge in [0, 0.05) is 31.6 Å². The molecule has 3 aromatic rings. The Morgan fingerprint density at radius 2 is 1.88 bits per heavy atom. The van der Waals surface area contributed by atoms with Crippen LogP contribution < -0.4 is 9.80 Å². The molecule has 2 aromatic heterocycles. The van der Waals surface area contributed by atoms with Crippen molar-refractivity contribution in [1.29, 1.82) is 0 Å². The molecule has 1 saturated heterocycles. The summed E-state index contributed by atoms with van der Waals surface area (Å²) in [6.07, 6.45) is 1.67. The highest BCUT2D eigenvalue weighted by molar-refractivity contribution is 7.15. The highest BCUT2D eigenvalue weighted by Crippen LogP contribution is 2.33. The van der Waals surface area contributed by atoms with Crippen LogP contribution in [-0.2, 0) is 0 Å². The number of phenols is 1. The van der Waals surface area contributed by atoms with E-state index in [-0.39, 0.29) is 16.5 Å². The van der Waals surface area contributed by atoms with Crippen LogP contribution in [-0.4, -0.2) is 45.6 Å². The first-order valence-corrected chi connectivity index (χ1v) is 8.41. The average molecular weight is 345 g/mol. The van der Waals surface area contributed by atoms with Crippen molar-refractivity contribution >= 4 is 33.6 Å². The summed E-state index contributed by atoms with van der Waals surface area (Å²) in [5.74, 6) is 0.686. The molecule has 0 saturated carbocycles. The molecule has 0 radical (unpaired) electrons. The molecule has 1 fully saturated rings. The molecule has 0 bridgehead atoms. The van der Waals surface area contributed by atoms with E-state index in [0.29, 0.717) is 37.0 Å². The zero-order valence-corrected chi connectivity index (χ0v) is 13.5. The van der Waals surface area contributed by atoms with Gasteiger partial charge in [0.25, 0.3) is 4.96 Å². The van der Waals surface area contributed by atoms with E-state index in [9.17, 15) is 15.2 Å². The van der Waals surface area contributed by atoms with Crippen LogP contribution in [0.4, 0.5) is 17.3 Å². The van der Waals surface area contributed by atoms with Crippen molar-refractivity contribution in [3.8, 4) is 5.75 Å². The lowest BCUT2D eigenvalue weighted by molar-refractivity contribution is -0.389. The standard InChI is InChI=1S/C15H15N5O3S/c21-12-4-2-1-3-11(12)17-5-7-18(8-6-17)13-14(20(22)23)19-9-10-24-15(19)16-13/h1-4,9-10,21H,5-8H2. The Bertz CT molecular complexity index is 898. The van der Waals surface area contributed by atoms with Gasteiger partial charge in [0.2, 0.25) is 5.82 Å². The Labute approximate surface area is 141 Å². The molecular weight excluding hydrogens is 330 g/mol. The first-order valence-electron chi connectivity index (χ1n) is 7.53. The fourth-order valence-electron chi connectivity index (χ4n) is 3.03. The monoisotopic (exact) mass is 345 g/mol. The van der Waals surface area contributed by atoms with Gasteiger partial charge in [-0.15, -0.1) is 0 Å². The van der Waals surface area contributed by atoms with Crippen molar-refractivity contribution in [2.24, 2.45) is 0 Å². The highest BCUT2D eigenvalue weighted by atomic mass is 32.1. The van der Waals surface area contributed by atoms with Crippen molar-refractivity contribution in [2.45, 2.75) is 0 Å². The minimum atomic E-state index is -0.378. The number of aromatic hydroxyl groups is 1. The number of anilines is 2. The molecule has 0 spiro atoms. The number of thiazole rings is 1. The predicted molar refractivity (Wildman–Crippen MR) is 92.3 cm³/mol. The summed E-state index contributed by atoms with van der Waals surface area (Å²) in [4.78, 5) is 20.1. The van der Waals surface area contributed by atoms with Gasteiger partial charge in [-0.1, -0.05) is 23.5 Å². The second kappa shape index (κ2) is 5.68. The molecule has 0 atom stereocenters. The number of fused-ring (bicyclic) bond motifs is 1. The van der Waals surface area contributed by atoms with Crippen LogP contribution in [0.3, 0.4) is 0 Å². The Kier molecular flexibility index (Phi) is 3.49. The summed E-state index contributed by atoms with van der Waals surface area (Å²) in [5, 5.41) is 23.2. The molecule has 0 amide bonds. The van der Waals surface area contributed by atoms with Crippen molar-refractivity contribution < 1.29 is 10.0 Å². The molecule has 1 N–H and O–H groups in total. The zero-order valence-electron chi connectivity index (χ0n) is 12.7. The smallest absolute Gasteiger partial charge is 0.373 e. The lowest BCUT2D eigenvalue weighted by Crippen LogP contribution is -2.46. The third kappa shape index (κ3) is 2.33. The lowest BCUT2D eigenvalue weighted by Gasteiger charge is -2.36. The van der Waals surface area contributed by atoms with Crippen molar-refractivity contribution in [1.82, 2.24) is 9.38 Å². The van der Waals surface area contributed by atoms with Gasteiger partial charge in [-0.3, -0.25) is 0 Å². The van der Waals surface area contributed by atoms with E-state index in [1.165, 1.54) is 15.7 Å². The number of phenolic OH excluding ortho intramolecular Hbond substituents is 1. The summed E-state index contributed by atoms with van der Waals surface area (Å²) in [6, 6.07) is 7.21. The highest BCUT2D eigenvalue weighted by Gasteiger charge is 2.30. The molecule has 0 aliphatic carbocycles. The van der Waals surface area contributed by atoms with Gasteiger partial charge < -0.3 is 25.0 Å². The van der Waals surface area contributed by atoms with Crippen molar-refractivity contribution in [3.05, 3.63) is 46.0 Å². The van der Waals surface area contributed by atoms with Gasteiger partial charge >= 0.3 is 5.82 Å². The number of piperazine rings is 1. The van der Waals surface area contributed by atoms with Gasteiger partial charge in [0.1, 0.15) is 11.9 Å². The van der Waals surface area contributed by atoms with Crippen LogP contribution in [0.1, 0.15) is 0 Å². The number of nitrogens with zero attached hydrogens (tertiary/aromatic N) is 5. The summed E-state index contributed by atoms with van der Waals surface area (Å²) < 4.78 is 1.52. The number of para-hydroxylation sites is 2. The van der Waals surface area contributed by atoms with Gasteiger partial charge in [-0.25, -0.2) is 0 Å². The number of aromatic nitrogens is 2. The van der Waals surface area contributed by atoms with E-state index in [4.69, 9.17) is 0 Å². The maximum Gasteiger partial charge on any atom is 0.373 e. The van der Waals surface area contributed by atoms with Gasteiger partial charge in [0.15, 0.2) is 0 Å². The van der Waals surface area contributed by atoms with Gasteiger partial charge in [-0.05, 0) is 17.1 Å². The molecule has 124 valence electrons. The Hall–Kier alpha value is -2.81. The molecule has 1 aromatic carbocycles. The van der Waals surface area contributed by atoms with Crippen LogP contribution in [0.2, 0.25) is 0 Å². The predicted octanol–water partition coefficient (Wildman–Crippen LogP) is 2.34. The molecule has 0 unspecified atom stereocenters. The minimum absolute atomic E-state index is 0.0160. The maximum atomic E-state index is 11.4. The van der Waals surface area contributed by atoms with Crippen LogP contribution >= 0.6 is 11.3 Å². The lowest BCUT2D eigenvalue weighted by atomic mass is 10.2. The van der Waals surface area contributed by atoms with Crippen LogP contribution in [0.15, 0.2) is 35.8 Å². The summed E-state index contributed by atoms with van der Waals surface area (Å²) in [7, 11) is 0. The average Bonchev–Trinajstić information content (AvgIpc) is 3.16. The van der Waals surface area contributed by atoms with E-state index in [2.05, 4.69) is 9.88 Å². The summed E-state index contributed by atoms with van der Waals surface area (Å²) in [6.45, 7) is 2.56. The Balaban J connectivity index is 1.58. The van der Waals surface area contributed by atoms with Crippen molar-refractivity contribution in [3.63, 3.8) is 0 Å². The molecule has 24 heavy (non-hydrogen) atoms. The van der Waals surface area contributed by atoms with E-state index < -0.39 is 0 Å². The molecule has 1 aliphatic rings. The number of imidazole rings is 1. The van der Waals surface area contributed by atoms with Gasteiger partial charge in [-0.2, -0.15) is 9.38 Å². The van der Waals surface area contributed by atoms with Crippen LogP contribution in [0, 0.1) is 10.1 Å².